The molecule has 0 aromatic rings. The van der Waals surface area contributed by atoms with Crippen LogP contribution >= 0.6 is 34.4 Å². The molecule has 0 radical (unpaired) electrons. The van der Waals surface area contributed by atoms with E-state index in [2.05, 4.69) is 22.6 Å². The summed E-state index contributed by atoms with van der Waals surface area (Å²) in [6.45, 7) is 2.04. The molecule has 0 N–H and O–H groups in total. The van der Waals surface area contributed by atoms with E-state index in [1.165, 1.54) is 19.3 Å². The van der Waals surface area contributed by atoms with Gasteiger partial charge in [0.05, 0.1) is 17.4 Å². The van der Waals surface area contributed by atoms with Crippen LogP contribution in [0.5, 0.6) is 0 Å². The van der Waals surface area contributed by atoms with Gasteiger partial charge in [0.25, 0.3) is 0 Å². The van der Waals surface area contributed by atoms with Gasteiger partial charge in [0.2, 0.25) is 10.0 Å². The average Bonchev–Trinajstić information content (AvgIpc) is 3.03. The van der Waals surface area contributed by atoms with Gasteiger partial charge in [-0.1, -0.05) is 41.9 Å². The number of halogens is 1. The molecule has 3 aliphatic heterocycles. The number of fused-ring (bicyclic) bond motifs is 1. The van der Waals surface area contributed by atoms with Crippen LogP contribution in [0.2, 0.25) is 0 Å². The van der Waals surface area contributed by atoms with E-state index in [1.54, 1.807) is 0 Å². The van der Waals surface area contributed by atoms with Gasteiger partial charge < -0.3 is 4.74 Å². The molecule has 21 heavy (non-hydrogen) atoms. The highest BCUT2D eigenvalue weighted by atomic mass is 127. The van der Waals surface area contributed by atoms with Crippen molar-refractivity contribution in [1.82, 2.24) is 4.31 Å². The zero-order chi connectivity index (χ0) is 14.8. The maximum atomic E-state index is 13.0. The van der Waals surface area contributed by atoms with Gasteiger partial charge in [0.1, 0.15) is 4.11 Å². The van der Waals surface area contributed by atoms with Gasteiger partial charge in [-0.3, -0.25) is 0 Å². The highest BCUT2D eigenvalue weighted by Crippen LogP contribution is 2.58. The van der Waals surface area contributed by atoms with Crippen LogP contribution in [0.3, 0.4) is 0 Å². The van der Waals surface area contributed by atoms with Gasteiger partial charge in [-0.2, -0.15) is 4.31 Å². The number of hydrogen-bond acceptors (Lipinski definition) is 4. The van der Waals surface area contributed by atoms with Crippen LogP contribution in [-0.2, 0) is 14.8 Å². The second-order valence-corrected chi connectivity index (χ2v) is 11.9. The molecule has 1 aliphatic carbocycles. The lowest BCUT2D eigenvalue weighted by atomic mass is 9.89. The van der Waals surface area contributed by atoms with Gasteiger partial charge >= 0.3 is 0 Å². The molecule has 6 unspecified atom stereocenters. The van der Waals surface area contributed by atoms with E-state index in [4.69, 9.17) is 4.74 Å². The zero-order valence-corrected chi connectivity index (χ0v) is 15.9. The van der Waals surface area contributed by atoms with Crippen molar-refractivity contribution >= 4 is 44.4 Å². The van der Waals surface area contributed by atoms with Crippen molar-refractivity contribution in [2.24, 2.45) is 0 Å². The second kappa shape index (κ2) is 5.50. The van der Waals surface area contributed by atoms with Crippen molar-refractivity contribution < 1.29 is 13.2 Å². The topological polar surface area (TPSA) is 46.6 Å². The Morgan fingerprint density at radius 3 is 2.67 bits per heavy atom. The Balaban J connectivity index is 1.68. The number of rotatable bonds is 3. The maximum Gasteiger partial charge on any atom is 0.218 e. The summed E-state index contributed by atoms with van der Waals surface area (Å²) in [7, 11) is -3.11. The van der Waals surface area contributed by atoms with Gasteiger partial charge in [0, 0.05) is 16.5 Å². The molecule has 3 heterocycles. The quantitative estimate of drug-likeness (QED) is 0.497. The van der Waals surface area contributed by atoms with Crippen molar-refractivity contribution in [3.63, 3.8) is 0 Å². The molecule has 2 bridgehead atoms. The van der Waals surface area contributed by atoms with Crippen molar-refractivity contribution in [2.45, 2.75) is 83.5 Å². The first-order chi connectivity index (χ1) is 10.00. The van der Waals surface area contributed by atoms with Gasteiger partial charge in [0.15, 0.2) is 0 Å². The number of ether oxygens (including phenoxy) is 1. The Morgan fingerprint density at radius 1 is 1.29 bits per heavy atom. The molecular weight excluding hydrogens is 421 g/mol. The molecule has 7 heteroatoms. The minimum Gasteiger partial charge on any atom is -0.362 e. The van der Waals surface area contributed by atoms with Crippen LogP contribution < -0.4 is 0 Å². The lowest BCUT2D eigenvalue weighted by Crippen LogP contribution is -2.50. The van der Waals surface area contributed by atoms with Crippen molar-refractivity contribution in [2.75, 3.05) is 0 Å². The molecule has 0 spiro atoms. The first kappa shape index (κ1) is 15.5. The van der Waals surface area contributed by atoms with E-state index in [9.17, 15) is 8.42 Å². The Kier molecular flexibility index (Phi) is 4.05. The first-order valence-corrected chi connectivity index (χ1v) is 11.7. The molecule has 4 nitrogen and oxygen atoms in total. The van der Waals surface area contributed by atoms with Gasteiger partial charge in [-0.15, -0.1) is 11.8 Å². The molecule has 120 valence electrons. The SMILES string of the molecule is CC(I)OC1C2CC3C(S2)C1N(C1CCCCC1)S3(=O)=O. The molecule has 4 aliphatic rings. The molecule has 6 atom stereocenters. The summed E-state index contributed by atoms with van der Waals surface area (Å²) in [5.74, 6) is 0. The van der Waals surface area contributed by atoms with E-state index in [-0.39, 0.29) is 32.8 Å². The summed E-state index contributed by atoms with van der Waals surface area (Å²) in [5.41, 5.74) is 0. The third kappa shape index (κ3) is 2.32. The van der Waals surface area contributed by atoms with Crippen LogP contribution in [0.4, 0.5) is 0 Å². The molecule has 0 aromatic heterocycles. The Bertz CT molecular complexity index is 520. The summed E-state index contributed by atoms with van der Waals surface area (Å²) in [6, 6.07) is 0.332. The fourth-order valence-corrected chi connectivity index (χ4v) is 10.2. The van der Waals surface area contributed by atoms with Crippen molar-refractivity contribution in [3.8, 4) is 0 Å². The fraction of sp³-hybridized carbons (Fsp3) is 1.00. The maximum absolute atomic E-state index is 13.0. The van der Waals surface area contributed by atoms with Crippen LogP contribution in [0.25, 0.3) is 0 Å². The number of nitrogens with zero attached hydrogens (tertiary/aromatic N) is 1. The normalized spacial score (nSPS) is 47.0. The summed E-state index contributed by atoms with van der Waals surface area (Å²) >= 11 is 4.17. The van der Waals surface area contributed by atoms with E-state index in [1.807, 2.05) is 23.0 Å². The lowest BCUT2D eigenvalue weighted by Gasteiger charge is -2.36. The number of sulfonamides is 1. The zero-order valence-electron chi connectivity index (χ0n) is 12.2. The van der Waals surface area contributed by atoms with Crippen LogP contribution in [0, 0.1) is 0 Å². The van der Waals surface area contributed by atoms with Crippen LogP contribution in [-0.4, -0.2) is 50.8 Å². The molecule has 0 amide bonds. The highest BCUT2D eigenvalue weighted by molar-refractivity contribution is 14.1. The molecule has 1 saturated carbocycles. The van der Waals surface area contributed by atoms with E-state index in [0.717, 1.165) is 19.3 Å². The Labute approximate surface area is 144 Å². The van der Waals surface area contributed by atoms with E-state index < -0.39 is 10.0 Å². The molecule has 4 fully saturated rings. The second-order valence-electron chi connectivity index (χ2n) is 6.71. The van der Waals surface area contributed by atoms with E-state index >= 15 is 0 Å². The average molecular weight is 443 g/mol. The number of hydrogen-bond donors (Lipinski definition) is 0. The minimum absolute atomic E-state index is 0.0994. The lowest BCUT2D eigenvalue weighted by molar-refractivity contribution is -0.00117. The molecular formula is C14H22INO3S2. The van der Waals surface area contributed by atoms with Crippen molar-refractivity contribution in [3.05, 3.63) is 0 Å². The standard InChI is InChI=1S/C14H22INO3S2/c1-8(15)19-13-10-7-11-14(20-10)12(13)16(21(11,17)18)9-5-3-2-4-6-9/h8-14H,2-7H2,1H3. The Morgan fingerprint density at radius 2 is 2.00 bits per heavy atom. The number of thioether (sulfide) groups is 1. The molecule has 4 rings (SSSR count). The fourth-order valence-electron chi connectivity index (χ4n) is 4.71. The Hall–Kier alpha value is 0.950. The van der Waals surface area contributed by atoms with E-state index in [0.29, 0.717) is 5.25 Å². The predicted molar refractivity (Wildman–Crippen MR) is 93.3 cm³/mol. The molecule has 3 saturated heterocycles. The van der Waals surface area contributed by atoms with Crippen LogP contribution in [0.1, 0.15) is 45.4 Å². The first-order valence-electron chi connectivity index (χ1n) is 7.97. The predicted octanol–water partition coefficient (Wildman–Crippen LogP) is 2.76. The third-order valence-electron chi connectivity index (χ3n) is 5.45. The van der Waals surface area contributed by atoms with Crippen molar-refractivity contribution in [1.29, 1.82) is 0 Å². The smallest absolute Gasteiger partial charge is 0.218 e. The summed E-state index contributed by atoms with van der Waals surface area (Å²) in [6.07, 6.45) is 6.57. The highest BCUT2D eigenvalue weighted by Gasteiger charge is 2.68. The largest absolute Gasteiger partial charge is 0.362 e. The summed E-state index contributed by atoms with van der Waals surface area (Å²) < 4.78 is 34.2. The molecule has 0 aromatic carbocycles. The third-order valence-corrected chi connectivity index (χ3v) is 10.0. The minimum atomic E-state index is -3.11. The van der Waals surface area contributed by atoms with Gasteiger partial charge in [-0.25, -0.2) is 8.42 Å². The summed E-state index contributed by atoms with van der Waals surface area (Å²) in [5, 5.41) is 0.497. The summed E-state index contributed by atoms with van der Waals surface area (Å²) in [4.78, 5) is 0. The number of alkyl halides is 1. The monoisotopic (exact) mass is 443 g/mol. The van der Waals surface area contributed by atoms with Gasteiger partial charge in [-0.05, 0) is 26.2 Å². The van der Waals surface area contributed by atoms with Crippen LogP contribution in [0.15, 0.2) is 0 Å².